The largest absolute Gasteiger partial charge is 0.356 e. The molecule has 2 rings (SSSR count). The predicted octanol–water partition coefficient (Wildman–Crippen LogP) is 1.93. The summed E-state index contributed by atoms with van der Waals surface area (Å²) in [5.74, 6) is 1.34. The van der Waals surface area contributed by atoms with Gasteiger partial charge in [0.15, 0.2) is 5.96 Å². The van der Waals surface area contributed by atoms with E-state index in [4.69, 9.17) is 0 Å². The topological polar surface area (TPSA) is 65.0 Å². The van der Waals surface area contributed by atoms with Crippen molar-refractivity contribution >= 4 is 16.0 Å². The molecule has 0 amide bonds. The molecular formula is C19H32N4O2S. The monoisotopic (exact) mass is 380 g/mol. The number of aryl methyl sites for hydroxylation is 1. The number of piperidine rings is 1. The standard InChI is InChI=1S/C19H32N4O2S/c1-5-16-6-8-18(9-7-16)15-22(3)19(20-2)21-14-17-10-12-23(13-11-17)26(4,24)25/h6-9,17H,5,10-15H2,1-4H3,(H,20,21). The number of guanidine groups is 1. The number of rotatable bonds is 6. The number of hydrogen-bond donors (Lipinski definition) is 1. The molecule has 0 saturated carbocycles. The van der Waals surface area contributed by atoms with Gasteiger partial charge in [-0.3, -0.25) is 4.99 Å². The smallest absolute Gasteiger partial charge is 0.211 e. The Morgan fingerprint density at radius 3 is 2.31 bits per heavy atom. The Bertz CT molecular complexity index is 693. The number of benzene rings is 1. The molecule has 0 aliphatic carbocycles. The lowest BCUT2D eigenvalue weighted by Gasteiger charge is -2.31. The van der Waals surface area contributed by atoms with Gasteiger partial charge in [-0.15, -0.1) is 0 Å². The van der Waals surface area contributed by atoms with Crippen molar-refractivity contribution in [2.75, 3.05) is 40.0 Å². The van der Waals surface area contributed by atoms with Crippen molar-refractivity contribution in [3.8, 4) is 0 Å². The molecule has 1 aliphatic heterocycles. The van der Waals surface area contributed by atoms with Crippen LogP contribution in [0.2, 0.25) is 0 Å². The summed E-state index contributed by atoms with van der Waals surface area (Å²) in [6.07, 6.45) is 4.12. The fourth-order valence-electron chi connectivity index (χ4n) is 3.29. The second-order valence-corrected chi connectivity index (χ2v) is 9.04. The molecule has 26 heavy (non-hydrogen) atoms. The highest BCUT2D eigenvalue weighted by atomic mass is 32.2. The van der Waals surface area contributed by atoms with Gasteiger partial charge in [-0.1, -0.05) is 31.2 Å². The van der Waals surface area contributed by atoms with Crippen molar-refractivity contribution in [3.63, 3.8) is 0 Å². The van der Waals surface area contributed by atoms with E-state index in [0.717, 1.165) is 38.3 Å². The molecule has 1 heterocycles. The first kappa shape index (κ1) is 20.7. The third-order valence-corrected chi connectivity index (χ3v) is 6.32. The lowest BCUT2D eigenvalue weighted by atomic mass is 9.98. The van der Waals surface area contributed by atoms with Crippen LogP contribution in [-0.2, 0) is 23.0 Å². The molecule has 1 N–H and O–H groups in total. The molecule has 1 aliphatic rings. The second-order valence-electron chi connectivity index (χ2n) is 7.06. The predicted molar refractivity (Wildman–Crippen MR) is 108 cm³/mol. The van der Waals surface area contributed by atoms with Crippen molar-refractivity contribution in [2.45, 2.75) is 32.7 Å². The molecule has 6 nitrogen and oxygen atoms in total. The highest BCUT2D eigenvalue weighted by Gasteiger charge is 2.25. The highest BCUT2D eigenvalue weighted by Crippen LogP contribution is 2.18. The summed E-state index contributed by atoms with van der Waals surface area (Å²) in [4.78, 5) is 6.50. The van der Waals surface area contributed by atoms with E-state index in [1.807, 2.05) is 7.05 Å². The van der Waals surface area contributed by atoms with Crippen LogP contribution in [0.1, 0.15) is 30.9 Å². The van der Waals surface area contributed by atoms with Crippen LogP contribution in [0.3, 0.4) is 0 Å². The van der Waals surface area contributed by atoms with Gasteiger partial charge in [0.05, 0.1) is 6.26 Å². The Labute approximate surface area is 158 Å². The van der Waals surface area contributed by atoms with Gasteiger partial charge in [-0.2, -0.15) is 0 Å². The third-order valence-electron chi connectivity index (χ3n) is 5.02. The number of hydrogen-bond acceptors (Lipinski definition) is 3. The molecule has 0 atom stereocenters. The minimum atomic E-state index is -3.06. The summed E-state index contributed by atoms with van der Waals surface area (Å²) >= 11 is 0. The minimum Gasteiger partial charge on any atom is -0.356 e. The average molecular weight is 381 g/mol. The van der Waals surface area contributed by atoms with Crippen LogP contribution in [0, 0.1) is 5.92 Å². The van der Waals surface area contributed by atoms with E-state index >= 15 is 0 Å². The normalized spacial score (nSPS) is 17.3. The van der Waals surface area contributed by atoms with Crippen LogP contribution in [0.25, 0.3) is 0 Å². The molecule has 146 valence electrons. The molecule has 0 spiro atoms. The third kappa shape index (κ3) is 5.99. The zero-order valence-electron chi connectivity index (χ0n) is 16.4. The van der Waals surface area contributed by atoms with E-state index in [9.17, 15) is 8.42 Å². The maximum Gasteiger partial charge on any atom is 0.211 e. The summed E-state index contributed by atoms with van der Waals surface area (Å²) in [6, 6.07) is 8.69. The summed E-state index contributed by atoms with van der Waals surface area (Å²) in [5.41, 5.74) is 2.61. The van der Waals surface area contributed by atoms with Crippen LogP contribution < -0.4 is 5.32 Å². The van der Waals surface area contributed by atoms with Crippen molar-refractivity contribution in [3.05, 3.63) is 35.4 Å². The van der Waals surface area contributed by atoms with Crippen molar-refractivity contribution in [2.24, 2.45) is 10.9 Å². The fourth-order valence-corrected chi connectivity index (χ4v) is 4.17. The number of nitrogens with zero attached hydrogens (tertiary/aromatic N) is 3. The van der Waals surface area contributed by atoms with Crippen LogP contribution in [0.5, 0.6) is 0 Å². The average Bonchev–Trinajstić information content (AvgIpc) is 2.62. The van der Waals surface area contributed by atoms with Gasteiger partial charge in [-0.25, -0.2) is 12.7 Å². The Morgan fingerprint density at radius 1 is 1.23 bits per heavy atom. The lowest BCUT2D eigenvalue weighted by Crippen LogP contribution is -2.44. The van der Waals surface area contributed by atoms with Gasteiger partial charge in [0.2, 0.25) is 10.0 Å². The molecular weight excluding hydrogens is 348 g/mol. The Balaban J connectivity index is 1.81. The van der Waals surface area contributed by atoms with E-state index in [2.05, 4.69) is 46.4 Å². The van der Waals surface area contributed by atoms with Gasteiger partial charge in [0.1, 0.15) is 0 Å². The molecule has 1 fully saturated rings. The van der Waals surface area contributed by atoms with Crippen LogP contribution in [0.15, 0.2) is 29.3 Å². The van der Waals surface area contributed by atoms with Gasteiger partial charge >= 0.3 is 0 Å². The summed E-state index contributed by atoms with van der Waals surface area (Å²) in [6.45, 7) is 5.01. The molecule has 0 bridgehead atoms. The van der Waals surface area contributed by atoms with Gasteiger partial charge in [-0.05, 0) is 36.3 Å². The first-order chi connectivity index (χ1) is 12.3. The number of aliphatic imine (C=N–C) groups is 1. The van der Waals surface area contributed by atoms with E-state index in [0.29, 0.717) is 19.0 Å². The van der Waals surface area contributed by atoms with Gasteiger partial charge < -0.3 is 10.2 Å². The lowest BCUT2D eigenvalue weighted by molar-refractivity contribution is 0.273. The highest BCUT2D eigenvalue weighted by molar-refractivity contribution is 7.88. The van der Waals surface area contributed by atoms with Gasteiger partial charge in [0, 0.05) is 40.3 Å². The number of sulfonamides is 1. The van der Waals surface area contributed by atoms with Gasteiger partial charge in [0.25, 0.3) is 0 Å². The van der Waals surface area contributed by atoms with Crippen molar-refractivity contribution in [1.82, 2.24) is 14.5 Å². The summed E-state index contributed by atoms with van der Waals surface area (Å²) in [7, 11) is 0.777. The summed E-state index contributed by atoms with van der Waals surface area (Å²) < 4.78 is 24.8. The molecule has 1 saturated heterocycles. The van der Waals surface area contributed by atoms with Crippen molar-refractivity contribution in [1.29, 1.82) is 0 Å². The first-order valence-electron chi connectivity index (χ1n) is 9.28. The summed E-state index contributed by atoms with van der Waals surface area (Å²) in [5, 5.41) is 3.44. The van der Waals surface area contributed by atoms with E-state index in [1.165, 1.54) is 17.4 Å². The zero-order valence-corrected chi connectivity index (χ0v) is 17.2. The minimum absolute atomic E-state index is 0.474. The molecule has 0 aromatic heterocycles. The fraction of sp³-hybridized carbons (Fsp3) is 0.632. The molecule has 0 radical (unpaired) electrons. The zero-order chi connectivity index (χ0) is 19.2. The Morgan fingerprint density at radius 2 is 1.81 bits per heavy atom. The second kappa shape index (κ2) is 9.37. The van der Waals surface area contributed by atoms with Crippen LogP contribution in [-0.4, -0.2) is 63.6 Å². The Hall–Kier alpha value is -1.60. The Kier molecular flexibility index (Phi) is 7.46. The SMILES string of the molecule is CCc1ccc(CN(C)C(=NC)NCC2CCN(S(C)(=O)=O)CC2)cc1. The molecule has 0 unspecified atom stereocenters. The molecule has 1 aromatic rings. The first-order valence-corrected chi connectivity index (χ1v) is 11.1. The quantitative estimate of drug-likeness (QED) is 0.605. The maximum atomic E-state index is 11.6. The molecule has 7 heteroatoms. The van der Waals surface area contributed by atoms with Crippen LogP contribution in [0.4, 0.5) is 0 Å². The van der Waals surface area contributed by atoms with E-state index in [1.54, 1.807) is 11.4 Å². The maximum absolute atomic E-state index is 11.6. The van der Waals surface area contributed by atoms with Crippen molar-refractivity contribution < 1.29 is 8.42 Å². The van der Waals surface area contributed by atoms with E-state index < -0.39 is 10.0 Å². The number of nitrogens with one attached hydrogen (secondary N) is 1. The van der Waals surface area contributed by atoms with Crippen LogP contribution >= 0.6 is 0 Å². The molecule has 1 aromatic carbocycles. The van der Waals surface area contributed by atoms with E-state index in [-0.39, 0.29) is 0 Å².